The number of carbonyl (C=O) groups excluding carboxylic acids is 1. The minimum atomic E-state index is -4.73. The summed E-state index contributed by atoms with van der Waals surface area (Å²) in [5, 5.41) is 4.33. The number of aryl methyl sites for hydroxylation is 1. The molecule has 2 aromatic carbocycles. The van der Waals surface area contributed by atoms with Gasteiger partial charge in [0, 0.05) is 74.4 Å². The quantitative estimate of drug-likeness (QED) is 0.282. The Morgan fingerprint density at radius 2 is 1.72 bits per heavy atom. The van der Waals surface area contributed by atoms with Gasteiger partial charge >= 0.3 is 6.36 Å². The third kappa shape index (κ3) is 7.98. The van der Waals surface area contributed by atoms with Crippen molar-refractivity contribution in [3.05, 3.63) is 54.2 Å². The van der Waals surface area contributed by atoms with Crippen LogP contribution in [0.3, 0.4) is 0 Å². The molecule has 2 aliphatic heterocycles. The van der Waals surface area contributed by atoms with E-state index in [1.54, 1.807) is 12.1 Å². The molecule has 0 bridgehead atoms. The van der Waals surface area contributed by atoms with Gasteiger partial charge in [-0.05, 0) is 88.0 Å². The van der Waals surface area contributed by atoms with Crippen molar-refractivity contribution in [3.63, 3.8) is 0 Å². The first kappa shape index (κ1) is 31.5. The Hall–Kier alpha value is -2.92. The summed E-state index contributed by atoms with van der Waals surface area (Å²) < 4.78 is 44.5. The molecule has 7 nitrogen and oxygen atoms in total. The highest BCUT2D eigenvalue weighted by Gasteiger charge is 2.34. The molecule has 1 aromatic heterocycles. The summed E-state index contributed by atoms with van der Waals surface area (Å²) in [4.78, 5) is 17.8. The van der Waals surface area contributed by atoms with Crippen molar-refractivity contribution in [3.8, 4) is 16.9 Å². The number of nitrogens with zero attached hydrogens (tertiary/aromatic N) is 3. The third-order valence-electron chi connectivity index (χ3n) is 8.99. The Morgan fingerprint density at radius 1 is 1.02 bits per heavy atom. The van der Waals surface area contributed by atoms with E-state index in [1.807, 2.05) is 0 Å². The van der Waals surface area contributed by atoms with Gasteiger partial charge in [0.15, 0.2) is 5.78 Å². The molecule has 0 atom stereocenters. The van der Waals surface area contributed by atoms with Crippen molar-refractivity contribution in [1.82, 2.24) is 19.7 Å². The molecular weight excluding hydrogens is 555 g/mol. The highest BCUT2D eigenvalue weighted by Crippen LogP contribution is 2.34. The summed E-state index contributed by atoms with van der Waals surface area (Å²) in [7, 11) is 0. The number of fused-ring (bicyclic) bond motifs is 1. The highest BCUT2D eigenvalue weighted by molar-refractivity contribution is 5.96. The fourth-order valence-electron chi connectivity index (χ4n) is 6.36. The normalized spacial score (nSPS) is 18.4. The summed E-state index contributed by atoms with van der Waals surface area (Å²) >= 11 is 0. The first-order chi connectivity index (χ1) is 20.5. The molecule has 43 heavy (non-hydrogen) atoms. The molecule has 0 radical (unpaired) electrons. The lowest BCUT2D eigenvalue weighted by Crippen LogP contribution is -2.54. The molecule has 3 aromatic rings. The molecule has 10 heteroatoms. The maximum absolute atomic E-state index is 12.9. The van der Waals surface area contributed by atoms with Gasteiger partial charge in [0.2, 0.25) is 0 Å². The topological polar surface area (TPSA) is 75.8 Å². The van der Waals surface area contributed by atoms with Gasteiger partial charge in [-0.2, -0.15) is 0 Å². The number of hydrogen-bond donors (Lipinski definition) is 2. The van der Waals surface area contributed by atoms with Crippen LogP contribution >= 0.6 is 0 Å². The highest BCUT2D eigenvalue weighted by atomic mass is 19.4. The maximum atomic E-state index is 12.9. The van der Waals surface area contributed by atoms with Crippen molar-refractivity contribution in [1.29, 1.82) is 0 Å². The molecule has 0 amide bonds. The number of halogens is 3. The number of unbranched alkanes of at least 4 members (excludes halogenated alkanes) is 1. The van der Waals surface area contributed by atoms with E-state index in [-0.39, 0.29) is 11.5 Å². The van der Waals surface area contributed by atoms with Crippen LogP contribution in [0, 0.1) is 0 Å². The number of Topliss-reactive ketones (excluding diaryl/α,β-unsaturated/α-hetero) is 1. The Balaban J connectivity index is 1.33. The Labute approximate surface area is 252 Å². The van der Waals surface area contributed by atoms with Crippen LogP contribution in [-0.2, 0) is 17.9 Å². The van der Waals surface area contributed by atoms with Crippen LogP contribution in [0.1, 0.15) is 51.5 Å². The molecule has 3 heterocycles. The Morgan fingerprint density at radius 3 is 2.37 bits per heavy atom. The van der Waals surface area contributed by atoms with E-state index in [2.05, 4.69) is 62.7 Å². The van der Waals surface area contributed by atoms with Crippen molar-refractivity contribution in [2.75, 3.05) is 39.3 Å². The number of piperidine rings is 1. The van der Waals surface area contributed by atoms with Gasteiger partial charge in [0.1, 0.15) is 5.75 Å². The average Bonchev–Trinajstić information content (AvgIpc) is 3.33. The van der Waals surface area contributed by atoms with E-state index < -0.39 is 11.9 Å². The lowest BCUT2D eigenvalue weighted by atomic mass is 9.83. The van der Waals surface area contributed by atoms with Gasteiger partial charge in [0.05, 0.1) is 5.54 Å². The lowest BCUT2D eigenvalue weighted by Gasteiger charge is -2.37. The SMILES string of the molecule is CC(C)N1CCN(Cc2ccc3c(c2)c(-c2ccc(OC(F)(F)F)cc2)cn3CCCCC(=O)C2(N)CCNCC2)CC1. The van der Waals surface area contributed by atoms with E-state index in [9.17, 15) is 18.0 Å². The number of piperazine rings is 1. The minimum Gasteiger partial charge on any atom is -0.406 e. The van der Waals surface area contributed by atoms with Crippen LogP contribution in [0.5, 0.6) is 5.75 Å². The number of nitrogens with two attached hydrogens (primary N) is 1. The molecule has 0 aliphatic carbocycles. The molecule has 0 saturated carbocycles. The van der Waals surface area contributed by atoms with Gasteiger partial charge in [0.25, 0.3) is 0 Å². The van der Waals surface area contributed by atoms with E-state index in [0.717, 1.165) is 87.2 Å². The molecular formula is C33H44F3N5O2. The summed E-state index contributed by atoms with van der Waals surface area (Å²) in [6.07, 6.45) is 0.755. The van der Waals surface area contributed by atoms with Crippen molar-refractivity contribution in [2.24, 2.45) is 5.73 Å². The van der Waals surface area contributed by atoms with Gasteiger partial charge < -0.3 is 20.4 Å². The second kappa shape index (κ2) is 13.4. The molecule has 3 N–H and O–H groups in total. The minimum absolute atomic E-state index is 0.145. The number of carbonyl (C=O) groups is 1. The zero-order chi connectivity index (χ0) is 30.6. The Kier molecular flexibility index (Phi) is 9.80. The van der Waals surface area contributed by atoms with Gasteiger partial charge in [-0.1, -0.05) is 18.2 Å². The first-order valence-electron chi connectivity index (χ1n) is 15.5. The second-order valence-electron chi connectivity index (χ2n) is 12.4. The fourth-order valence-corrected chi connectivity index (χ4v) is 6.36. The molecule has 2 aliphatic rings. The van der Waals surface area contributed by atoms with Gasteiger partial charge in [-0.15, -0.1) is 13.2 Å². The van der Waals surface area contributed by atoms with E-state index in [0.29, 0.717) is 25.3 Å². The molecule has 0 spiro atoms. The van der Waals surface area contributed by atoms with Crippen molar-refractivity contribution >= 4 is 16.7 Å². The number of alkyl halides is 3. The summed E-state index contributed by atoms with van der Waals surface area (Å²) in [6, 6.07) is 13.2. The zero-order valence-electron chi connectivity index (χ0n) is 25.3. The van der Waals surface area contributed by atoms with Gasteiger partial charge in [-0.3, -0.25) is 14.6 Å². The number of benzene rings is 2. The average molecular weight is 600 g/mol. The standard InChI is InChI=1S/C33H44F3N5O2/c1-24(2)40-19-17-39(18-20-40)22-25-6-11-30-28(21-25)29(26-7-9-27(10-8-26)43-33(34,35)36)23-41(30)16-4-3-5-31(42)32(37)12-14-38-15-13-32/h6-11,21,23-24,38H,3-5,12-20,22,37H2,1-2H3. The van der Waals surface area contributed by atoms with E-state index in [4.69, 9.17) is 5.73 Å². The fraction of sp³-hybridized carbons (Fsp3) is 0.545. The predicted octanol–water partition coefficient (Wildman–Crippen LogP) is 5.55. The molecule has 2 fully saturated rings. The summed E-state index contributed by atoms with van der Waals surface area (Å²) in [6.45, 7) is 11.8. The van der Waals surface area contributed by atoms with Crippen LogP contribution in [0.25, 0.3) is 22.0 Å². The molecule has 2 saturated heterocycles. The number of nitrogens with one attached hydrogen (secondary N) is 1. The number of aromatic nitrogens is 1. The number of ether oxygens (including phenoxy) is 1. The van der Waals surface area contributed by atoms with E-state index in [1.165, 1.54) is 17.7 Å². The van der Waals surface area contributed by atoms with Crippen LogP contribution in [0.2, 0.25) is 0 Å². The number of ketones is 1. The summed E-state index contributed by atoms with van der Waals surface area (Å²) in [5.41, 5.74) is 9.77. The zero-order valence-corrected chi connectivity index (χ0v) is 25.3. The van der Waals surface area contributed by atoms with E-state index >= 15 is 0 Å². The molecule has 234 valence electrons. The van der Waals surface area contributed by atoms with Crippen LogP contribution in [0.15, 0.2) is 48.7 Å². The first-order valence-corrected chi connectivity index (χ1v) is 15.5. The monoisotopic (exact) mass is 599 g/mol. The van der Waals surface area contributed by atoms with Crippen LogP contribution in [0.4, 0.5) is 13.2 Å². The largest absolute Gasteiger partial charge is 0.573 e. The summed E-state index contributed by atoms with van der Waals surface area (Å²) in [5.74, 6) is -0.0932. The third-order valence-corrected chi connectivity index (χ3v) is 8.99. The predicted molar refractivity (Wildman–Crippen MR) is 164 cm³/mol. The van der Waals surface area contributed by atoms with Crippen LogP contribution in [-0.4, -0.2) is 77.4 Å². The maximum Gasteiger partial charge on any atom is 0.573 e. The molecule has 0 unspecified atom stereocenters. The Bertz CT molecular complexity index is 1370. The number of hydrogen-bond acceptors (Lipinski definition) is 6. The number of rotatable bonds is 11. The van der Waals surface area contributed by atoms with Gasteiger partial charge in [-0.25, -0.2) is 0 Å². The smallest absolute Gasteiger partial charge is 0.406 e. The lowest BCUT2D eigenvalue weighted by molar-refractivity contribution is -0.274. The van der Waals surface area contributed by atoms with Crippen molar-refractivity contribution < 1.29 is 22.7 Å². The second-order valence-corrected chi connectivity index (χ2v) is 12.4. The van der Waals surface area contributed by atoms with Crippen molar-refractivity contribution in [2.45, 2.75) is 77.0 Å². The molecule has 5 rings (SSSR count). The van der Waals surface area contributed by atoms with Crippen LogP contribution < -0.4 is 15.8 Å².